The SMILES string of the molecule is Cc1[nH]c2ccc(F)cc2c1CC(=O)Nc1ccc(Cl)cn1. The fourth-order valence-corrected chi connectivity index (χ4v) is 2.49. The smallest absolute Gasteiger partial charge is 0.230 e. The highest BCUT2D eigenvalue weighted by Gasteiger charge is 2.13. The van der Waals surface area contributed by atoms with Gasteiger partial charge in [-0.15, -0.1) is 0 Å². The summed E-state index contributed by atoms with van der Waals surface area (Å²) in [6.45, 7) is 1.86. The molecule has 0 saturated carbocycles. The first-order valence-electron chi connectivity index (χ1n) is 6.71. The topological polar surface area (TPSA) is 57.8 Å². The molecule has 0 fully saturated rings. The van der Waals surface area contributed by atoms with Crippen molar-refractivity contribution < 1.29 is 9.18 Å². The molecule has 0 bridgehead atoms. The highest BCUT2D eigenvalue weighted by molar-refractivity contribution is 6.30. The lowest BCUT2D eigenvalue weighted by Crippen LogP contribution is -2.15. The molecule has 2 heterocycles. The molecular weight excluding hydrogens is 305 g/mol. The van der Waals surface area contributed by atoms with Crippen molar-refractivity contribution in [1.82, 2.24) is 9.97 Å². The number of hydrogen-bond acceptors (Lipinski definition) is 2. The Hall–Kier alpha value is -2.40. The zero-order chi connectivity index (χ0) is 15.7. The van der Waals surface area contributed by atoms with Crippen LogP contribution in [0.15, 0.2) is 36.5 Å². The number of nitrogens with zero attached hydrogens (tertiary/aromatic N) is 1. The van der Waals surface area contributed by atoms with E-state index in [1.165, 1.54) is 18.3 Å². The summed E-state index contributed by atoms with van der Waals surface area (Å²) in [5.74, 6) is -0.117. The van der Waals surface area contributed by atoms with Crippen molar-refractivity contribution in [3.8, 4) is 0 Å². The Morgan fingerprint density at radius 1 is 1.36 bits per heavy atom. The number of benzene rings is 1. The normalized spacial score (nSPS) is 10.9. The van der Waals surface area contributed by atoms with Gasteiger partial charge in [0.05, 0.1) is 11.4 Å². The monoisotopic (exact) mass is 317 g/mol. The molecule has 0 radical (unpaired) electrons. The summed E-state index contributed by atoms with van der Waals surface area (Å²) in [6, 6.07) is 7.76. The number of pyridine rings is 1. The Morgan fingerprint density at radius 3 is 2.91 bits per heavy atom. The Kier molecular flexibility index (Phi) is 3.81. The molecule has 0 aliphatic rings. The van der Waals surface area contributed by atoms with E-state index in [1.807, 2.05) is 6.92 Å². The molecular formula is C16H13ClFN3O. The van der Waals surface area contributed by atoms with Crippen molar-refractivity contribution in [1.29, 1.82) is 0 Å². The first-order chi connectivity index (χ1) is 10.5. The predicted molar refractivity (Wildman–Crippen MR) is 84.6 cm³/mol. The van der Waals surface area contributed by atoms with Crippen LogP contribution in [0.25, 0.3) is 10.9 Å². The summed E-state index contributed by atoms with van der Waals surface area (Å²) in [4.78, 5) is 19.3. The number of carbonyl (C=O) groups is 1. The molecule has 2 N–H and O–H groups in total. The minimum absolute atomic E-state index is 0.138. The van der Waals surface area contributed by atoms with Gasteiger partial charge in [0.25, 0.3) is 0 Å². The maximum atomic E-state index is 13.4. The molecule has 0 aliphatic heterocycles. The van der Waals surface area contributed by atoms with E-state index in [2.05, 4.69) is 15.3 Å². The van der Waals surface area contributed by atoms with Gasteiger partial charge in [0.1, 0.15) is 11.6 Å². The molecule has 0 unspecified atom stereocenters. The van der Waals surface area contributed by atoms with E-state index >= 15 is 0 Å². The van der Waals surface area contributed by atoms with Crippen molar-refractivity contribution in [2.45, 2.75) is 13.3 Å². The van der Waals surface area contributed by atoms with Crippen LogP contribution in [0.1, 0.15) is 11.3 Å². The maximum absolute atomic E-state index is 13.4. The standard InChI is InChI=1S/C16H13ClFN3O/c1-9-12(13-6-11(18)3-4-14(13)20-9)7-16(22)21-15-5-2-10(17)8-19-15/h2-6,8,20H,7H2,1H3,(H,19,21,22). The molecule has 3 rings (SSSR count). The second-order valence-electron chi connectivity index (χ2n) is 5.01. The zero-order valence-corrected chi connectivity index (χ0v) is 12.5. The average Bonchev–Trinajstić information content (AvgIpc) is 2.77. The van der Waals surface area contributed by atoms with E-state index in [0.29, 0.717) is 10.8 Å². The molecule has 0 spiro atoms. The van der Waals surface area contributed by atoms with Crippen LogP contribution in [-0.2, 0) is 11.2 Å². The van der Waals surface area contributed by atoms with E-state index in [-0.39, 0.29) is 18.1 Å². The lowest BCUT2D eigenvalue weighted by Gasteiger charge is -2.05. The van der Waals surface area contributed by atoms with Crippen molar-refractivity contribution in [2.24, 2.45) is 0 Å². The largest absolute Gasteiger partial charge is 0.358 e. The fourth-order valence-electron chi connectivity index (χ4n) is 2.38. The van der Waals surface area contributed by atoms with Gasteiger partial charge >= 0.3 is 0 Å². The Morgan fingerprint density at radius 2 is 2.18 bits per heavy atom. The van der Waals surface area contributed by atoms with Crippen LogP contribution in [0.3, 0.4) is 0 Å². The number of anilines is 1. The minimum Gasteiger partial charge on any atom is -0.358 e. The molecule has 0 saturated heterocycles. The molecule has 0 aliphatic carbocycles. The molecule has 4 nitrogen and oxygen atoms in total. The first kappa shape index (κ1) is 14.5. The third-order valence-electron chi connectivity index (χ3n) is 3.41. The number of fused-ring (bicyclic) bond motifs is 1. The van der Waals surface area contributed by atoms with Gasteiger partial charge in [-0.2, -0.15) is 0 Å². The molecule has 6 heteroatoms. The highest BCUT2D eigenvalue weighted by Crippen LogP contribution is 2.24. The zero-order valence-electron chi connectivity index (χ0n) is 11.8. The van der Waals surface area contributed by atoms with Gasteiger partial charge in [-0.1, -0.05) is 11.6 Å². The molecule has 1 aromatic carbocycles. The Labute approximate surface area is 131 Å². The molecule has 112 valence electrons. The molecule has 3 aromatic rings. The van der Waals surface area contributed by atoms with Gasteiger partial charge < -0.3 is 10.3 Å². The van der Waals surface area contributed by atoms with Crippen molar-refractivity contribution in [2.75, 3.05) is 5.32 Å². The van der Waals surface area contributed by atoms with Crippen LogP contribution in [-0.4, -0.2) is 15.9 Å². The van der Waals surface area contributed by atoms with Crippen molar-refractivity contribution in [3.63, 3.8) is 0 Å². The van der Waals surface area contributed by atoms with Gasteiger partial charge in [0, 0.05) is 22.8 Å². The molecule has 0 atom stereocenters. The van der Waals surface area contributed by atoms with Crippen molar-refractivity contribution >= 4 is 34.2 Å². The Bertz CT molecular complexity index is 842. The number of H-pyrrole nitrogens is 1. The lowest BCUT2D eigenvalue weighted by atomic mass is 10.1. The minimum atomic E-state index is -0.326. The molecule has 22 heavy (non-hydrogen) atoms. The van der Waals surface area contributed by atoms with Gasteiger partial charge in [-0.25, -0.2) is 9.37 Å². The van der Waals surface area contributed by atoms with Gasteiger partial charge in [-0.3, -0.25) is 4.79 Å². The second kappa shape index (κ2) is 5.77. The van der Waals surface area contributed by atoms with E-state index < -0.39 is 0 Å². The fraction of sp³-hybridized carbons (Fsp3) is 0.125. The Balaban J connectivity index is 1.83. The van der Waals surface area contributed by atoms with Crippen LogP contribution in [0.2, 0.25) is 5.02 Å². The molecule has 2 aromatic heterocycles. The number of amides is 1. The van der Waals surface area contributed by atoms with Gasteiger partial charge in [0.2, 0.25) is 5.91 Å². The molecule has 1 amide bonds. The van der Waals surface area contributed by atoms with E-state index in [4.69, 9.17) is 11.6 Å². The summed E-state index contributed by atoms with van der Waals surface area (Å²) in [7, 11) is 0. The van der Waals surface area contributed by atoms with Crippen molar-refractivity contribution in [3.05, 3.63) is 58.6 Å². The van der Waals surface area contributed by atoms with Crippen LogP contribution < -0.4 is 5.32 Å². The summed E-state index contributed by atoms with van der Waals surface area (Å²) in [5, 5.41) is 3.92. The van der Waals surface area contributed by atoms with Crippen LogP contribution in [0.4, 0.5) is 10.2 Å². The summed E-state index contributed by atoms with van der Waals surface area (Å²) >= 11 is 5.75. The number of aromatic amines is 1. The number of nitrogens with one attached hydrogen (secondary N) is 2. The highest BCUT2D eigenvalue weighted by atomic mass is 35.5. The number of halogens is 2. The average molecular weight is 318 g/mol. The first-order valence-corrected chi connectivity index (χ1v) is 7.09. The number of carbonyl (C=O) groups excluding carboxylic acids is 1. The third kappa shape index (κ3) is 2.94. The van der Waals surface area contributed by atoms with E-state index in [0.717, 1.165) is 22.2 Å². The maximum Gasteiger partial charge on any atom is 0.230 e. The summed E-state index contributed by atoms with van der Waals surface area (Å²) < 4.78 is 13.4. The van der Waals surface area contributed by atoms with Crippen LogP contribution in [0, 0.1) is 12.7 Å². The number of hydrogen-bond donors (Lipinski definition) is 2. The summed E-state index contributed by atoms with van der Waals surface area (Å²) in [5.41, 5.74) is 2.44. The van der Waals surface area contributed by atoms with E-state index in [1.54, 1.807) is 18.2 Å². The van der Waals surface area contributed by atoms with Gasteiger partial charge in [-0.05, 0) is 42.8 Å². The predicted octanol–water partition coefficient (Wildman–Crippen LogP) is 3.85. The number of aryl methyl sites for hydroxylation is 1. The summed E-state index contributed by atoms with van der Waals surface area (Å²) in [6.07, 6.45) is 1.60. The number of rotatable bonds is 3. The number of aromatic nitrogens is 2. The van der Waals surface area contributed by atoms with E-state index in [9.17, 15) is 9.18 Å². The quantitative estimate of drug-likeness (QED) is 0.771. The van der Waals surface area contributed by atoms with Crippen LogP contribution >= 0.6 is 11.6 Å². The van der Waals surface area contributed by atoms with Gasteiger partial charge in [0.15, 0.2) is 0 Å². The lowest BCUT2D eigenvalue weighted by molar-refractivity contribution is -0.115. The van der Waals surface area contributed by atoms with Crippen LogP contribution in [0.5, 0.6) is 0 Å². The third-order valence-corrected chi connectivity index (χ3v) is 3.64. The second-order valence-corrected chi connectivity index (χ2v) is 5.44.